The Kier molecular flexibility index (Phi) is 3.91. The van der Waals surface area contributed by atoms with Crippen molar-refractivity contribution in [2.75, 3.05) is 0 Å². The second-order valence-corrected chi connectivity index (χ2v) is 6.38. The van der Waals surface area contributed by atoms with Crippen molar-refractivity contribution in [3.05, 3.63) is 28.5 Å². The topological polar surface area (TPSA) is 66.4 Å². The second-order valence-electron chi connectivity index (χ2n) is 4.29. The molecule has 4 nitrogen and oxygen atoms in total. The lowest BCUT2D eigenvalue weighted by molar-refractivity contribution is 0.281. The van der Waals surface area contributed by atoms with Crippen molar-refractivity contribution < 1.29 is 17.9 Å². The van der Waals surface area contributed by atoms with E-state index in [2.05, 4.69) is 4.72 Å². The lowest BCUT2D eigenvalue weighted by Gasteiger charge is -2.26. The van der Waals surface area contributed by atoms with Crippen LogP contribution < -0.4 is 4.72 Å². The van der Waals surface area contributed by atoms with E-state index in [1.165, 1.54) is 6.07 Å². The number of rotatable bonds is 4. The Morgan fingerprint density at radius 3 is 2.61 bits per heavy atom. The molecule has 0 unspecified atom stereocenters. The predicted octanol–water partition coefficient (Wildman–Crippen LogP) is 1.80. The fraction of sp³-hybridized carbons (Fsp3) is 0.455. The highest BCUT2D eigenvalue weighted by molar-refractivity contribution is 7.89. The molecule has 0 heterocycles. The molecule has 1 saturated carbocycles. The van der Waals surface area contributed by atoms with Crippen LogP contribution in [0, 0.1) is 5.82 Å². The van der Waals surface area contributed by atoms with E-state index < -0.39 is 22.4 Å². The first-order valence-corrected chi connectivity index (χ1v) is 7.41. The van der Waals surface area contributed by atoms with E-state index in [0.717, 1.165) is 25.3 Å². The van der Waals surface area contributed by atoms with Crippen LogP contribution in [0.15, 0.2) is 17.0 Å². The number of nitrogens with one attached hydrogen (secondary N) is 1. The molecule has 0 radical (unpaired) electrons. The molecule has 2 N–H and O–H groups in total. The highest BCUT2D eigenvalue weighted by Gasteiger charge is 2.26. The van der Waals surface area contributed by atoms with Crippen LogP contribution in [0.5, 0.6) is 0 Å². The molecule has 100 valence electrons. The van der Waals surface area contributed by atoms with Crippen molar-refractivity contribution in [3.8, 4) is 0 Å². The first-order valence-electron chi connectivity index (χ1n) is 5.55. The van der Waals surface area contributed by atoms with Gasteiger partial charge in [0.2, 0.25) is 10.0 Å². The normalized spacial score (nSPS) is 16.6. The van der Waals surface area contributed by atoms with Gasteiger partial charge in [0.1, 0.15) is 5.82 Å². The van der Waals surface area contributed by atoms with Crippen LogP contribution in [0.1, 0.15) is 24.8 Å². The highest BCUT2D eigenvalue weighted by Crippen LogP contribution is 2.26. The number of aliphatic hydroxyl groups excluding tert-OH is 1. The monoisotopic (exact) mass is 293 g/mol. The average molecular weight is 294 g/mol. The Morgan fingerprint density at radius 2 is 2.11 bits per heavy atom. The molecule has 0 saturated heterocycles. The summed E-state index contributed by atoms with van der Waals surface area (Å²) in [5, 5.41) is 8.76. The van der Waals surface area contributed by atoms with Gasteiger partial charge in [0.15, 0.2) is 0 Å². The Bertz CT molecular complexity index is 558. The van der Waals surface area contributed by atoms with Crippen LogP contribution in [0.4, 0.5) is 4.39 Å². The lowest BCUT2D eigenvalue weighted by atomic mass is 9.94. The molecule has 0 bridgehead atoms. The summed E-state index contributed by atoms with van der Waals surface area (Å²) in [6.07, 6.45) is 2.58. The summed E-state index contributed by atoms with van der Waals surface area (Å²) in [7, 11) is -3.75. The second kappa shape index (κ2) is 5.13. The van der Waals surface area contributed by atoms with Gasteiger partial charge in [-0.1, -0.05) is 18.0 Å². The van der Waals surface area contributed by atoms with Crippen LogP contribution in [-0.4, -0.2) is 19.6 Å². The first kappa shape index (κ1) is 13.7. The van der Waals surface area contributed by atoms with Crippen molar-refractivity contribution in [1.82, 2.24) is 4.72 Å². The molecule has 1 fully saturated rings. The van der Waals surface area contributed by atoms with Crippen molar-refractivity contribution in [1.29, 1.82) is 0 Å². The van der Waals surface area contributed by atoms with Gasteiger partial charge in [0, 0.05) is 11.6 Å². The molecule has 7 heteroatoms. The minimum absolute atomic E-state index is 0.0608. The van der Waals surface area contributed by atoms with E-state index in [1.54, 1.807) is 0 Å². The summed E-state index contributed by atoms with van der Waals surface area (Å²) >= 11 is 5.61. The Hall–Kier alpha value is -0.690. The van der Waals surface area contributed by atoms with Crippen LogP contribution in [0.3, 0.4) is 0 Å². The number of sulfonamides is 1. The molecular weight excluding hydrogens is 281 g/mol. The van der Waals surface area contributed by atoms with Gasteiger partial charge in [0.25, 0.3) is 0 Å². The highest BCUT2D eigenvalue weighted by atomic mass is 35.5. The summed E-state index contributed by atoms with van der Waals surface area (Å²) < 4.78 is 39.9. The molecule has 0 aromatic heterocycles. The minimum Gasteiger partial charge on any atom is -0.392 e. The zero-order valence-corrected chi connectivity index (χ0v) is 11.1. The number of hydrogen-bond acceptors (Lipinski definition) is 3. The summed E-state index contributed by atoms with van der Waals surface area (Å²) in [5.41, 5.74) is 0.0608. The van der Waals surface area contributed by atoms with Crippen molar-refractivity contribution in [2.45, 2.75) is 36.8 Å². The van der Waals surface area contributed by atoms with E-state index in [0.29, 0.717) is 0 Å². The lowest BCUT2D eigenvalue weighted by Crippen LogP contribution is -2.39. The molecule has 0 aliphatic heterocycles. The zero-order chi connectivity index (χ0) is 13.3. The molecule has 2 rings (SSSR count). The van der Waals surface area contributed by atoms with Crippen molar-refractivity contribution in [3.63, 3.8) is 0 Å². The molecular formula is C11H13ClFNO3S. The molecule has 1 aliphatic carbocycles. The Balaban J connectivity index is 2.34. The molecule has 0 spiro atoms. The molecule has 1 aliphatic rings. The molecule has 1 aromatic carbocycles. The van der Waals surface area contributed by atoms with Gasteiger partial charge in [-0.05, 0) is 25.0 Å². The van der Waals surface area contributed by atoms with E-state index in [-0.39, 0.29) is 21.5 Å². The van der Waals surface area contributed by atoms with E-state index in [9.17, 15) is 12.8 Å². The van der Waals surface area contributed by atoms with Crippen LogP contribution in [-0.2, 0) is 16.6 Å². The van der Waals surface area contributed by atoms with Gasteiger partial charge >= 0.3 is 0 Å². The third kappa shape index (κ3) is 2.66. The smallest absolute Gasteiger partial charge is 0.240 e. The maximum atomic E-state index is 13.5. The molecule has 0 atom stereocenters. The molecule has 0 amide bonds. The number of hydrogen-bond donors (Lipinski definition) is 2. The van der Waals surface area contributed by atoms with Gasteiger partial charge in [0.05, 0.1) is 16.5 Å². The quantitative estimate of drug-likeness (QED) is 0.889. The van der Waals surface area contributed by atoms with E-state index in [1.807, 2.05) is 0 Å². The zero-order valence-electron chi connectivity index (χ0n) is 9.49. The van der Waals surface area contributed by atoms with Crippen molar-refractivity contribution in [2.24, 2.45) is 0 Å². The number of benzene rings is 1. The number of aliphatic hydroxyl groups is 1. The SMILES string of the molecule is O=S(=O)(NC1CCC1)c1cc(F)c(Cl)c(CO)c1. The molecule has 1 aromatic rings. The number of halogens is 2. The van der Waals surface area contributed by atoms with Gasteiger partial charge in [-0.2, -0.15) is 0 Å². The maximum absolute atomic E-state index is 13.5. The third-order valence-corrected chi connectivity index (χ3v) is 4.91. The Labute approximate surface area is 110 Å². The van der Waals surface area contributed by atoms with Gasteiger partial charge in [-0.3, -0.25) is 0 Å². The van der Waals surface area contributed by atoms with Crippen molar-refractivity contribution >= 4 is 21.6 Å². The summed E-state index contributed by atoms with van der Waals surface area (Å²) in [6.45, 7) is -0.511. The van der Waals surface area contributed by atoms with Crippen LogP contribution >= 0.6 is 11.6 Å². The maximum Gasteiger partial charge on any atom is 0.240 e. The van der Waals surface area contributed by atoms with E-state index >= 15 is 0 Å². The summed E-state index contributed by atoms with van der Waals surface area (Å²) in [5.74, 6) is -0.850. The summed E-state index contributed by atoms with van der Waals surface area (Å²) in [6, 6.07) is 1.97. The predicted molar refractivity (Wildman–Crippen MR) is 65.3 cm³/mol. The van der Waals surface area contributed by atoms with Gasteiger partial charge < -0.3 is 5.11 Å². The standard InChI is InChI=1S/C11H13ClFNO3S/c12-11-7(6-15)4-9(5-10(11)13)18(16,17)14-8-2-1-3-8/h4-5,8,14-15H,1-3,6H2. The minimum atomic E-state index is -3.75. The molecule has 18 heavy (non-hydrogen) atoms. The average Bonchev–Trinajstić information content (AvgIpc) is 2.27. The fourth-order valence-electron chi connectivity index (χ4n) is 1.70. The summed E-state index contributed by atoms with van der Waals surface area (Å²) in [4.78, 5) is -0.208. The van der Waals surface area contributed by atoms with Crippen LogP contribution in [0.25, 0.3) is 0 Å². The largest absolute Gasteiger partial charge is 0.392 e. The van der Waals surface area contributed by atoms with E-state index in [4.69, 9.17) is 16.7 Å². The van der Waals surface area contributed by atoms with Gasteiger partial charge in [-0.25, -0.2) is 17.5 Å². The fourth-order valence-corrected chi connectivity index (χ4v) is 3.24. The van der Waals surface area contributed by atoms with Crippen LogP contribution in [0.2, 0.25) is 5.02 Å². The Morgan fingerprint density at radius 1 is 1.44 bits per heavy atom. The van der Waals surface area contributed by atoms with Gasteiger partial charge in [-0.15, -0.1) is 0 Å². The first-order chi connectivity index (χ1) is 8.44. The third-order valence-electron chi connectivity index (χ3n) is 2.98.